The molecule has 0 aromatic heterocycles. The van der Waals surface area contributed by atoms with Crippen LogP contribution in [0.2, 0.25) is 0 Å². The monoisotopic (exact) mass is 325 g/mol. The largest absolute Gasteiger partial charge is 0.332 e. The molecule has 3 rings (SSSR count). The van der Waals surface area contributed by atoms with Gasteiger partial charge in [0, 0.05) is 6.54 Å². The topological polar surface area (TPSA) is 37.4 Å². The summed E-state index contributed by atoms with van der Waals surface area (Å²) in [5.74, 6) is -0.861. The van der Waals surface area contributed by atoms with Crippen LogP contribution in [0.4, 0.5) is 0 Å². The van der Waals surface area contributed by atoms with Gasteiger partial charge in [0.15, 0.2) is 5.78 Å². The second kappa shape index (κ2) is 5.29. The molecule has 2 unspecified atom stereocenters. The zero-order valence-corrected chi connectivity index (χ0v) is 13.3. The number of piperidine rings is 1. The average Bonchev–Trinajstić information content (AvgIpc) is 2.71. The quantitative estimate of drug-likeness (QED) is 0.617. The van der Waals surface area contributed by atoms with Gasteiger partial charge < -0.3 is 4.90 Å². The van der Waals surface area contributed by atoms with Crippen molar-refractivity contribution >= 4 is 34.9 Å². The predicted octanol–water partition coefficient (Wildman–Crippen LogP) is 3.38. The Morgan fingerprint density at radius 3 is 2.57 bits per heavy atom. The Kier molecular flexibility index (Phi) is 3.74. The highest BCUT2D eigenvalue weighted by atomic mass is 35.5. The standard InChI is InChI=1S/C16H17Cl2NO2/c1-16(17,18)11-7-3-2-6-10(11)13-14(20)12-8-4-5-9-19(12)15(13)21/h2-3,6-7,12-13H,4-5,8-9H2,1H3. The normalized spacial score (nSPS) is 26.1. The Hall–Kier alpha value is -1.06. The highest BCUT2D eigenvalue weighted by Gasteiger charge is 2.49. The lowest BCUT2D eigenvalue weighted by Crippen LogP contribution is -2.39. The fourth-order valence-electron chi connectivity index (χ4n) is 3.41. The molecular weight excluding hydrogens is 309 g/mol. The van der Waals surface area contributed by atoms with Crippen LogP contribution in [0.15, 0.2) is 24.3 Å². The van der Waals surface area contributed by atoms with Gasteiger partial charge in [0.25, 0.3) is 0 Å². The molecule has 3 nitrogen and oxygen atoms in total. The SMILES string of the molecule is CC(Cl)(Cl)c1ccccc1C1C(=O)C2CCCCN2C1=O. The number of alkyl halides is 2. The van der Waals surface area contributed by atoms with Gasteiger partial charge in [0.05, 0.1) is 6.04 Å². The third-order valence-electron chi connectivity index (χ3n) is 4.39. The minimum Gasteiger partial charge on any atom is -0.332 e. The van der Waals surface area contributed by atoms with Crippen molar-refractivity contribution in [2.75, 3.05) is 6.54 Å². The van der Waals surface area contributed by atoms with Gasteiger partial charge in [-0.25, -0.2) is 0 Å². The first kappa shape index (κ1) is 14.9. The summed E-state index contributed by atoms with van der Waals surface area (Å²) in [4.78, 5) is 27.1. The van der Waals surface area contributed by atoms with E-state index in [9.17, 15) is 9.59 Å². The van der Waals surface area contributed by atoms with E-state index >= 15 is 0 Å². The highest BCUT2D eigenvalue weighted by Crippen LogP contribution is 2.42. The Morgan fingerprint density at radius 2 is 1.90 bits per heavy atom. The van der Waals surface area contributed by atoms with E-state index in [1.54, 1.807) is 24.0 Å². The molecule has 21 heavy (non-hydrogen) atoms. The smallest absolute Gasteiger partial charge is 0.238 e. The fraction of sp³-hybridized carbons (Fsp3) is 0.500. The van der Waals surface area contributed by atoms with E-state index < -0.39 is 10.3 Å². The number of halogens is 2. The molecule has 0 spiro atoms. The maximum atomic E-state index is 12.7. The lowest BCUT2D eigenvalue weighted by Gasteiger charge is -2.27. The van der Waals surface area contributed by atoms with Gasteiger partial charge >= 0.3 is 0 Å². The van der Waals surface area contributed by atoms with Crippen LogP contribution in [0.5, 0.6) is 0 Å². The Labute approximate surface area is 134 Å². The molecule has 1 aromatic carbocycles. The molecular formula is C16H17Cl2NO2. The molecule has 0 saturated carbocycles. The van der Waals surface area contributed by atoms with Crippen molar-refractivity contribution < 1.29 is 9.59 Å². The summed E-state index contributed by atoms with van der Waals surface area (Å²) < 4.78 is -1.12. The van der Waals surface area contributed by atoms with E-state index in [0.717, 1.165) is 19.3 Å². The predicted molar refractivity (Wildman–Crippen MR) is 82.6 cm³/mol. The summed E-state index contributed by atoms with van der Waals surface area (Å²) in [5.41, 5.74) is 1.29. The Balaban J connectivity index is 2.05. The molecule has 0 aliphatic carbocycles. The van der Waals surface area contributed by atoms with Crippen molar-refractivity contribution in [1.82, 2.24) is 4.90 Å². The maximum absolute atomic E-state index is 12.7. The number of amides is 1. The minimum absolute atomic E-state index is 0.00951. The molecule has 2 fully saturated rings. The van der Waals surface area contributed by atoms with Crippen LogP contribution in [0.3, 0.4) is 0 Å². The van der Waals surface area contributed by atoms with Crippen LogP contribution in [0.1, 0.15) is 43.2 Å². The number of benzene rings is 1. The summed E-state index contributed by atoms with van der Waals surface area (Å²) in [5, 5.41) is 0. The number of ketones is 1. The zero-order chi connectivity index (χ0) is 15.2. The molecule has 5 heteroatoms. The number of fused-ring (bicyclic) bond motifs is 1. The van der Waals surface area contributed by atoms with Crippen molar-refractivity contribution in [3.63, 3.8) is 0 Å². The highest BCUT2D eigenvalue weighted by molar-refractivity contribution is 6.47. The number of hydrogen-bond acceptors (Lipinski definition) is 2. The van der Waals surface area contributed by atoms with Gasteiger partial charge in [0.2, 0.25) is 5.91 Å². The number of carbonyl (C=O) groups is 2. The number of nitrogens with zero attached hydrogens (tertiary/aromatic N) is 1. The molecule has 2 heterocycles. The number of hydrogen-bond donors (Lipinski definition) is 0. The van der Waals surface area contributed by atoms with Gasteiger partial charge in [-0.2, -0.15) is 0 Å². The van der Waals surface area contributed by atoms with E-state index in [1.165, 1.54) is 0 Å². The molecule has 2 atom stereocenters. The summed E-state index contributed by atoms with van der Waals surface area (Å²) >= 11 is 12.4. The van der Waals surface area contributed by atoms with Crippen molar-refractivity contribution in [3.8, 4) is 0 Å². The molecule has 1 aromatic rings. The zero-order valence-electron chi connectivity index (χ0n) is 11.8. The molecule has 112 valence electrons. The summed E-state index contributed by atoms with van der Waals surface area (Å²) in [6.45, 7) is 2.33. The minimum atomic E-state index is -1.12. The van der Waals surface area contributed by atoms with Crippen LogP contribution in [0, 0.1) is 0 Å². The van der Waals surface area contributed by atoms with Gasteiger partial charge in [-0.15, -0.1) is 0 Å². The van der Waals surface area contributed by atoms with E-state index in [1.807, 2.05) is 12.1 Å². The van der Waals surface area contributed by atoms with Crippen LogP contribution < -0.4 is 0 Å². The average molecular weight is 326 g/mol. The van der Waals surface area contributed by atoms with Crippen molar-refractivity contribution in [3.05, 3.63) is 35.4 Å². The summed E-state index contributed by atoms with van der Waals surface area (Å²) in [6.07, 6.45) is 2.73. The molecule has 2 aliphatic heterocycles. The van der Waals surface area contributed by atoms with E-state index in [0.29, 0.717) is 17.7 Å². The second-order valence-electron chi connectivity index (χ2n) is 5.85. The third-order valence-corrected chi connectivity index (χ3v) is 4.80. The van der Waals surface area contributed by atoms with Crippen LogP contribution in [0.25, 0.3) is 0 Å². The van der Waals surface area contributed by atoms with Gasteiger partial charge in [-0.1, -0.05) is 47.5 Å². The third kappa shape index (κ3) is 2.47. The second-order valence-corrected chi connectivity index (χ2v) is 7.56. The lowest BCUT2D eigenvalue weighted by molar-refractivity contribution is -0.130. The molecule has 2 aliphatic rings. The molecule has 2 saturated heterocycles. The maximum Gasteiger partial charge on any atom is 0.238 e. The molecule has 0 N–H and O–H groups in total. The van der Waals surface area contributed by atoms with E-state index in [4.69, 9.17) is 23.2 Å². The van der Waals surface area contributed by atoms with Crippen molar-refractivity contribution in [1.29, 1.82) is 0 Å². The lowest BCUT2D eigenvalue weighted by atomic mass is 9.88. The summed E-state index contributed by atoms with van der Waals surface area (Å²) in [7, 11) is 0. The van der Waals surface area contributed by atoms with Gasteiger partial charge in [0.1, 0.15) is 10.3 Å². The van der Waals surface area contributed by atoms with Crippen molar-refractivity contribution in [2.45, 2.75) is 42.5 Å². The van der Waals surface area contributed by atoms with Gasteiger partial charge in [-0.05, 0) is 37.3 Å². The molecule has 0 radical (unpaired) electrons. The first-order valence-corrected chi connectivity index (χ1v) is 7.98. The van der Waals surface area contributed by atoms with Crippen LogP contribution >= 0.6 is 23.2 Å². The number of carbonyl (C=O) groups excluding carboxylic acids is 2. The fourth-order valence-corrected chi connectivity index (χ4v) is 3.75. The van der Waals surface area contributed by atoms with E-state index in [-0.39, 0.29) is 17.7 Å². The van der Waals surface area contributed by atoms with E-state index in [2.05, 4.69) is 0 Å². The van der Waals surface area contributed by atoms with Crippen LogP contribution in [-0.2, 0) is 13.9 Å². The van der Waals surface area contributed by atoms with Crippen molar-refractivity contribution in [2.24, 2.45) is 0 Å². The summed E-state index contributed by atoms with van der Waals surface area (Å²) in [6, 6.07) is 6.95. The van der Waals surface area contributed by atoms with Crippen LogP contribution in [-0.4, -0.2) is 29.2 Å². The Bertz CT molecular complexity index is 570. The number of rotatable bonds is 2. The Morgan fingerprint density at radius 1 is 1.19 bits per heavy atom. The molecule has 0 bridgehead atoms. The first-order chi connectivity index (χ1) is 9.91. The number of Topliss-reactive ketones (excluding diaryl/α,β-unsaturated/α-hetero) is 1. The first-order valence-electron chi connectivity index (χ1n) is 7.22. The van der Waals surface area contributed by atoms with Gasteiger partial charge in [-0.3, -0.25) is 9.59 Å². The molecule has 1 amide bonds.